The monoisotopic (exact) mass is 313 g/mol. The van der Waals surface area contributed by atoms with Crippen molar-refractivity contribution in [3.8, 4) is 5.13 Å². The fraction of sp³-hybridized carbons (Fsp3) is 0.200. The second-order valence-electron chi connectivity index (χ2n) is 4.84. The van der Waals surface area contributed by atoms with Crippen LogP contribution in [0.15, 0.2) is 24.3 Å². The summed E-state index contributed by atoms with van der Waals surface area (Å²) >= 11 is 1.43. The maximum atomic E-state index is 9.44. The van der Waals surface area contributed by atoms with Crippen LogP contribution in [-0.4, -0.2) is 30.3 Å². The average molecular weight is 313 g/mol. The van der Waals surface area contributed by atoms with Crippen LogP contribution in [0, 0.1) is 13.8 Å². The largest absolute Gasteiger partial charge is 0.390 e. The third kappa shape index (κ3) is 2.95. The van der Waals surface area contributed by atoms with Gasteiger partial charge in [-0.1, -0.05) is 52.5 Å². The summed E-state index contributed by atoms with van der Waals surface area (Å²) < 4.78 is 1.60. The van der Waals surface area contributed by atoms with Gasteiger partial charge in [0.25, 0.3) is 0 Å². The molecule has 112 valence electrons. The number of aryl methyl sites for hydroxylation is 2. The molecule has 7 heteroatoms. The van der Waals surface area contributed by atoms with E-state index in [0.29, 0.717) is 16.5 Å². The summed E-state index contributed by atoms with van der Waals surface area (Å²) in [5.74, 6) is 0. The fourth-order valence-electron chi connectivity index (χ4n) is 1.97. The van der Waals surface area contributed by atoms with E-state index in [1.807, 2.05) is 38.1 Å². The first kappa shape index (κ1) is 14.6. The Morgan fingerprint density at radius 3 is 2.50 bits per heavy atom. The molecule has 0 radical (unpaired) electrons. The molecule has 1 N–H and O–H groups in total. The Morgan fingerprint density at radius 2 is 1.86 bits per heavy atom. The normalized spacial score (nSPS) is 11.4. The molecule has 0 saturated carbocycles. The first-order valence-electron chi connectivity index (χ1n) is 6.78. The quantitative estimate of drug-likeness (QED) is 0.800. The van der Waals surface area contributed by atoms with E-state index in [2.05, 4.69) is 32.6 Å². The maximum Gasteiger partial charge on any atom is 0.234 e. The van der Waals surface area contributed by atoms with Gasteiger partial charge in [-0.15, -0.1) is 15.3 Å². The molecule has 2 aromatic heterocycles. The Balaban J connectivity index is 1.98. The number of aliphatic hydroxyl groups is 1. The smallest absolute Gasteiger partial charge is 0.234 e. The summed E-state index contributed by atoms with van der Waals surface area (Å²) in [6, 6.07) is 8.17. The van der Waals surface area contributed by atoms with E-state index in [1.54, 1.807) is 4.68 Å². The highest BCUT2D eigenvalue weighted by Gasteiger charge is 2.14. The zero-order valence-electron chi connectivity index (χ0n) is 12.3. The lowest BCUT2D eigenvalue weighted by Crippen LogP contribution is -1.99. The number of aromatic nitrogens is 5. The highest BCUT2D eigenvalue weighted by atomic mass is 32.1. The number of benzene rings is 1. The molecule has 0 aliphatic heterocycles. The van der Waals surface area contributed by atoms with E-state index in [-0.39, 0.29) is 6.61 Å². The average Bonchev–Trinajstić information content (AvgIpc) is 3.12. The second-order valence-corrected chi connectivity index (χ2v) is 6.00. The van der Waals surface area contributed by atoms with Gasteiger partial charge in [0.2, 0.25) is 5.13 Å². The topological polar surface area (TPSA) is 76.7 Å². The van der Waals surface area contributed by atoms with Crippen molar-refractivity contribution >= 4 is 23.5 Å². The molecule has 2 heterocycles. The van der Waals surface area contributed by atoms with Crippen LogP contribution in [0.2, 0.25) is 0 Å². The predicted molar refractivity (Wildman–Crippen MR) is 85.6 cm³/mol. The summed E-state index contributed by atoms with van der Waals surface area (Å²) in [5.41, 5.74) is 3.50. The number of nitrogens with zero attached hydrogens (tertiary/aromatic N) is 5. The summed E-state index contributed by atoms with van der Waals surface area (Å²) in [6.45, 7) is 3.76. The van der Waals surface area contributed by atoms with Crippen molar-refractivity contribution in [1.82, 2.24) is 25.2 Å². The van der Waals surface area contributed by atoms with Crippen molar-refractivity contribution in [2.45, 2.75) is 20.5 Å². The van der Waals surface area contributed by atoms with Gasteiger partial charge in [0.05, 0.1) is 12.3 Å². The molecular weight excluding hydrogens is 298 g/mol. The van der Waals surface area contributed by atoms with Gasteiger partial charge in [-0.25, -0.2) is 0 Å². The van der Waals surface area contributed by atoms with Crippen molar-refractivity contribution < 1.29 is 5.11 Å². The van der Waals surface area contributed by atoms with Gasteiger partial charge < -0.3 is 5.11 Å². The van der Waals surface area contributed by atoms with Crippen molar-refractivity contribution in [3.63, 3.8) is 0 Å². The molecule has 0 bridgehead atoms. The molecular formula is C15H15N5OS. The molecule has 6 nitrogen and oxygen atoms in total. The van der Waals surface area contributed by atoms with Gasteiger partial charge in [0, 0.05) is 0 Å². The Bertz CT molecular complexity index is 804. The molecule has 0 atom stereocenters. The standard InChI is InChI=1S/C15H15N5OS/c1-10-3-5-12(6-4-10)7-8-14-13(9-21)17-19-20(14)15-18-16-11(2)22-15/h3-8,21H,9H2,1-2H3/b8-7+. The number of hydrogen-bond donors (Lipinski definition) is 1. The molecule has 0 spiro atoms. The van der Waals surface area contributed by atoms with Crippen LogP contribution in [0.5, 0.6) is 0 Å². The van der Waals surface area contributed by atoms with Crippen LogP contribution >= 0.6 is 11.3 Å². The first-order valence-corrected chi connectivity index (χ1v) is 7.59. The van der Waals surface area contributed by atoms with Gasteiger partial charge >= 0.3 is 0 Å². The van der Waals surface area contributed by atoms with Crippen molar-refractivity contribution in [1.29, 1.82) is 0 Å². The van der Waals surface area contributed by atoms with E-state index < -0.39 is 0 Å². The molecule has 0 amide bonds. The summed E-state index contributed by atoms with van der Waals surface area (Å²) in [7, 11) is 0. The van der Waals surface area contributed by atoms with Gasteiger partial charge in [-0.05, 0) is 25.5 Å². The van der Waals surface area contributed by atoms with Crippen LogP contribution < -0.4 is 0 Å². The van der Waals surface area contributed by atoms with Crippen LogP contribution in [0.4, 0.5) is 0 Å². The Labute approximate surface area is 131 Å². The first-order chi connectivity index (χ1) is 10.7. The van der Waals surface area contributed by atoms with E-state index in [9.17, 15) is 5.11 Å². The summed E-state index contributed by atoms with van der Waals surface area (Å²) in [5, 5.41) is 27.0. The zero-order chi connectivity index (χ0) is 15.5. The number of aliphatic hydroxyl groups excluding tert-OH is 1. The second kappa shape index (κ2) is 6.17. The number of hydrogen-bond acceptors (Lipinski definition) is 6. The Morgan fingerprint density at radius 1 is 1.09 bits per heavy atom. The Kier molecular flexibility index (Phi) is 4.08. The molecule has 0 fully saturated rings. The van der Waals surface area contributed by atoms with Gasteiger partial charge in [-0.3, -0.25) is 0 Å². The van der Waals surface area contributed by atoms with E-state index in [4.69, 9.17) is 0 Å². The third-order valence-electron chi connectivity index (χ3n) is 3.14. The van der Waals surface area contributed by atoms with Crippen molar-refractivity contribution in [2.24, 2.45) is 0 Å². The van der Waals surface area contributed by atoms with E-state index in [0.717, 1.165) is 10.6 Å². The van der Waals surface area contributed by atoms with Crippen molar-refractivity contribution in [2.75, 3.05) is 0 Å². The van der Waals surface area contributed by atoms with Crippen LogP contribution in [0.1, 0.15) is 27.5 Å². The number of rotatable bonds is 4. The molecule has 0 unspecified atom stereocenters. The van der Waals surface area contributed by atoms with Gasteiger partial charge in [0.1, 0.15) is 10.7 Å². The molecule has 3 aromatic rings. The molecule has 3 rings (SSSR count). The van der Waals surface area contributed by atoms with Crippen LogP contribution in [0.25, 0.3) is 17.3 Å². The lowest BCUT2D eigenvalue weighted by molar-refractivity contribution is 0.276. The minimum absolute atomic E-state index is 0.175. The van der Waals surface area contributed by atoms with Gasteiger partial charge in [0.15, 0.2) is 0 Å². The predicted octanol–water partition coefficient (Wildman–Crippen LogP) is 2.40. The molecule has 0 aliphatic rings. The van der Waals surface area contributed by atoms with E-state index in [1.165, 1.54) is 16.9 Å². The third-order valence-corrected chi connectivity index (χ3v) is 3.95. The minimum atomic E-state index is -0.175. The summed E-state index contributed by atoms with van der Waals surface area (Å²) in [4.78, 5) is 0. The fourth-order valence-corrected chi connectivity index (χ4v) is 2.61. The molecule has 22 heavy (non-hydrogen) atoms. The van der Waals surface area contributed by atoms with Crippen molar-refractivity contribution in [3.05, 3.63) is 51.8 Å². The maximum absolute atomic E-state index is 9.44. The molecule has 0 aliphatic carbocycles. The Hall–Kier alpha value is -2.38. The minimum Gasteiger partial charge on any atom is -0.390 e. The highest BCUT2D eigenvalue weighted by molar-refractivity contribution is 7.13. The lowest BCUT2D eigenvalue weighted by atomic mass is 10.1. The van der Waals surface area contributed by atoms with Crippen LogP contribution in [-0.2, 0) is 6.61 Å². The summed E-state index contributed by atoms with van der Waals surface area (Å²) in [6.07, 6.45) is 3.84. The van der Waals surface area contributed by atoms with E-state index >= 15 is 0 Å². The SMILES string of the molecule is Cc1ccc(/C=C/c2c(CO)nnn2-c2nnc(C)s2)cc1. The molecule has 1 aromatic carbocycles. The lowest BCUT2D eigenvalue weighted by Gasteiger charge is -1.99. The van der Waals surface area contributed by atoms with Crippen LogP contribution in [0.3, 0.4) is 0 Å². The molecule has 0 saturated heterocycles. The zero-order valence-corrected chi connectivity index (χ0v) is 13.1. The van der Waals surface area contributed by atoms with Gasteiger partial charge in [-0.2, -0.15) is 4.68 Å². The highest BCUT2D eigenvalue weighted by Crippen LogP contribution is 2.19.